The van der Waals surface area contributed by atoms with Crippen LogP contribution in [0.2, 0.25) is 0 Å². The van der Waals surface area contributed by atoms with Gasteiger partial charge in [-0.1, -0.05) is 0 Å². The summed E-state index contributed by atoms with van der Waals surface area (Å²) in [6.45, 7) is 2.94. The van der Waals surface area contributed by atoms with E-state index in [1.165, 1.54) is 0 Å². The molecule has 5 heteroatoms. The monoisotopic (exact) mass is 302 g/mol. The number of amides is 1. The van der Waals surface area contributed by atoms with Gasteiger partial charge >= 0.3 is 0 Å². The molecule has 2 heterocycles. The molecule has 0 spiro atoms. The van der Waals surface area contributed by atoms with Crippen LogP contribution >= 0.6 is 0 Å². The lowest BCUT2D eigenvalue weighted by Gasteiger charge is -2.22. The topological polar surface area (TPSA) is 50.8 Å². The molecule has 1 aromatic carbocycles. The summed E-state index contributed by atoms with van der Waals surface area (Å²) in [5.41, 5.74) is 1.62. The molecule has 1 saturated heterocycles. The first-order valence-electron chi connectivity index (χ1n) is 7.66. The number of rotatable bonds is 4. The van der Waals surface area contributed by atoms with Gasteiger partial charge in [0.05, 0.1) is 12.7 Å². The number of likely N-dealkylation sites (tertiary alicyclic amines) is 1. The minimum Gasteiger partial charge on any atom is -0.497 e. The fourth-order valence-corrected chi connectivity index (χ4v) is 3.08. The van der Waals surface area contributed by atoms with Crippen LogP contribution in [0.5, 0.6) is 11.5 Å². The van der Waals surface area contributed by atoms with Crippen LogP contribution in [0, 0.1) is 5.92 Å². The predicted octanol–water partition coefficient (Wildman–Crippen LogP) is 1.54. The van der Waals surface area contributed by atoms with Gasteiger partial charge in [0.15, 0.2) is 0 Å². The van der Waals surface area contributed by atoms with Gasteiger partial charge in [-0.2, -0.15) is 0 Å². The highest BCUT2D eigenvalue weighted by Gasteiger charge is 2.29. The summed E-state index contributed by atoms with van der Waals surface area (Å²) in [4.78, 5) is 14.6. The van der Waals surface area contributed by atoms with E-state index in [1.54, 1.807) is 7.11 Å². The molecule has 0 radical (unpaired) electrons. The van der Waals surface area contributed by atoms with Gasteiger partial charge in [0.1, 0.15) is 18.1 Å². The molecule has 1 atom stereocenters. The van der Waals surface area contributed by atoms with E-state index < -0.39 is 0 Å². The van der Waals surface area contributed by atoms with Crippen molar-refractivity contribution in [1.29, 1.82) is 0 Å². The fraction of sp³-hybridized carbons (Fsp3) is 0.471. The van der Waals surface area contributed by atoms with E-state index in [0.29, 0.717) is 18.1 Å². The Balaban J connectivity index is 1.75. The Morgan fingerprint density at radius 1 is 1.50 bits per heavy atom. The Bertz CT molecular complexity index is 598. The maximum absolute atomic E-state index is 12.6. The summed E-state index contributed by atoms with van der Waals surface area (Å²) < 4.78 is 10.9. The molecule has 0 aromatic heterocycles. The number of hydrogen-bond donors (Lipinski definition) is 1. The summed E-state index contributed by atoms with van der Waals surface area (Å²) in [6.07, 6.45) is 2.99. The maximum Gasteiger partial charge on any atom is 0.253 e. The molecule has 22 heavy (non-hydrogen) atoms. The van der Waals surface area contributed by atoms with Crippen molar-refractivity contribution >= 4 is 12.0 Å². The molecule has 2 aliphatic heterocycles. The van der Waals surface area contributed by atoms with E-state index >= 15 is 0 Å². The number of hydrogen-bond acceptors (Lipinski definition) is 4. The summed E-state index contributed by atoms with van der Waals surface area (Å²) in [5.74, 6) is 2.20. The number of benzene rings is 1. The third-order valence-electron chi connectivity index (χ3n) is 4.27. The van der Waals surface area contributed by atoms with E-state index in [2.05, 4.69) is 5.32 Å². The first-order chi connectivity index (χ1) is 10.7. The van der Waals surface area contributed by atoms with Crippen molar-refractivity contribution in [3.05, 3.63) is 29.3 Å². The largest absolute Gasteiger partial charge is 0.497 e. The molecule has 1 amide bonds. The Morgan fingerprint density at radius 2 is 2.36 bits per heavy atom. The Morgan fingerprint density at radius 3 is 3.14 bits per heavy atom. The second kappa shape index (κ2) is 6.40. The van der Waals surface area contributed by atoms with Crippen LogP contribution in [0.1, 0.15) is 12.0 Å². The molecular weight excluding hydrogens is 280 g/mol. The van der Waals surface area contributed by atoms with Crippen molar-refractivity contribution < 1.29 is 14.3 Å². The highest BCUT2D eigenvalue weighted by Crippen LogP contribution is 2.31. The number of carbonyl (C=O) groups is 1. The summed E-state index contributed by atoms with van der Waals surface area (Å²) >= 11 is 0. The number of methoxy groups -OCH3 is 1. The van der Waals surface area contributed by atoms with Crippen molar-refractivity contribution in [1.82, 2.24) is 10.2 Å². The van der Waals surface area contributed by atoms with Gasteiger partial charge in [-0.25, -0.2) is 0 Å². The number of nitrogens with zero attached hydrogens (tertiary/aromatic N) is 1. The van der Waals surface area contributed by atoms with Gasteiger partial charge in [-0.3, -0.25) is 4.79 Å². The minimum atomic E-state index is 0.0899. The lowest BCUT2D eigenvalue weighted by Crippen LogP contribution is -2.33. The van der Waals surface area contributed by atoms with Gasteiger partial charge in [-0.05, 0) is 50.2 Å². The quantitative estimate of drug-likeness (QED) is 0.916. The summed E-state index contributed by atoms with van der Waals surface area (Å²) in [5, 5.41) is 3.18. The van der Waals surface area contributed by atoms with Gasteiger partial charge in [0.25, 0.3) is 5.91 Å². The van der Waals surface area contributed by atoms with Crippen LogP contribution in [-0.4, -0.2) is 51.2 Å². The van der Waals surface area contributed by atoms with Crippen LogP contribution in [-0.2, 0) is 4.79 Å². The fourth-order valence-electron chi connectivity index (χ4n) is 3.08. The molecule has 0 bridgehead atoms. The third-order valence-corrected chi connectivity index (χ3v) is 4.27. The van der Waals surface area contributed by atoms with Crippen LogP contribution in [0.3, 0.4) is 0 Å². The molecule has 1 aromatic rings. The smallest absolute Gasteiger partial charge is 0.253 e. The van der Waals surface area contributed by atoms with Crippen LogP contribution in [0.25, 0.3) is 6.08 Å². The van der Waals surface area contributed by atoms with Crippen molar-refractivity contribution in [3.63, 3.8) is 0 Å². The average molecular weight is 302 g/mol. The summed E-state index contributed by atoms with van der Waals surface area (Å²) in [6, 6.07) is 5.64. The molecule has 0 aliphatic carbocycles. The zero-order valence-electron chi connectivity index (χ0n) is 13.1. The Kier molecular flexibility index (Phi) is 4.34. The molecule has 118 valence electrons. The number of carbonyl (C=O) groups excluding carboxylic acids is 1. The van der Waals surface area contributed by atoms with Gasteiger partial charge < -0.3 is 19.7 Å². The highest BCUT2D eigenvalue weighted by atomic mass is 16.5. The summed E-state index contributed by atoms with van der Waals surface area (Å²) in [7, 11) is 3.58. The van der Waals surface area contributed by atoms with Crippen molar-refractivity contribution in [2.24, 2.45) is 5.92 Å². The Hall–Kier alpha value is -2.01. The van der Waals surface area contributed by atoms with Gasteiger partial charge in [-0.15, -0.1) is 0 Å². The molecule has 1 N–H and O–H groups in total. The zero-order valence-corrected chi connectivity index (χ0v) is 13.1. The van der Waals surface area contributed by atoms with E-state index in [9.17, 15) is 4.79 Å². The molecule has 3 rings (SSSR count). The van der Waals surface area contributed by atoms with Crippen LogP contribution in [0.4, 0.5) is 0 Å². The highest BCUT2D eigenvalue weighted by molar-refractivity contribution is 5.99. The van der Waals surface area contributed by atoms with E-state index in [4.69, 9.17) is 9.47 Å². The van der Waals surface area contributed by atoms with E-state index in [1.807, 2.05) is 36.2 Å². The molecule has 1 fully saturated rings. The van der Waals surface area contributed by atoms with Gasteiger partial charge in [0.2, 0.25) is 0 Å². The maximum atomic E-state index is 12.6. The number of ether oxygens (including phenoxy) is 2. The van der Waals surface area contributed by atoms with Crippen LogP contribution in [0.15, 0.2) is 23.8 Å². The van der Waals surface area contributed by atoms with Crippen molar-refractivity contribution in [2.75, 3.05) is 40.4 Å². The number of nitrogens with one attached hydrogen (secondary N) is 1. The molecule has 1 unspecified atom stereocenters. The van der Waals surface area contributed by atoms with Crippen molar-refractivity contribution in [2.45, 2.75) is 6.42 Å². The molecule has 5 nitrogen and oxygen atoms in total. The molecule has 0 saturated carbocycles. The normalized spacial score (nSPS) is 20.2. The lowest BCUT2D eigenvalue weighted by molar-refractivity contribution is -0.126. The van der Waals surface area contributed by atoms with E-state index in [0.717, 1.165) is 43.1 Å². The second-order valence-electron chi connectivity index (χ2n) is 5.83. The lowest BCUT2D eigenvalue weighted by atomic mass is 10.1. The standard InChI is InChI=1S/C17H22N2O3/c1-18-9-12-5-6-19(10-12)17(20)14-7-13-8-15(21-2)3-4-16(13)22-11-14/h3-4,7-8,12,18H,5-6,9-11H2,1-2H3. The third kappa shape index (κ3) is 2.95. The molecular formula is C17H22N2O3. The first kappa shape index (κ1) is 14.9. The predicted molar refractivity (Wildman–Crippen MR) is 85.1 cm³/mol. The SMILES string of the molecule is CNCC1CCN(C(=O)C2=Cc3cc(OC)ccc3OC2)C1. The minimum absolute atomic E-state index is 0.0899. The average Bonchev–Trinajstić information content (AvgIpc) is 3.02. The Labute approximate surface area is 130 Å². The number of fused-ring (bicyclic) bond motifs is 1. The second-order valence-corrected chi connectivity index (χ2v) is 5.83. The van der Waals surface area contributed by atoms with E-state index in [-0.39, 0.29) is 5.91 Å². The van der Waals surface area contributed by atoms with Gasteiger partial charge in [0, 0.05) is 18.7 Å². The zero-order chi connectivity index (χ0) is 15.5. The van der Waals surface area contributed by atoms with Crippen LogP contribution < -0.4 is 14.8 Å². The first-order valence-corrected chi connectivity index (χ1v) is 7.66. The van der Waals surface area contributed by atoms with Crippen molar-refractivity contribution in [3.8, 4) is 11.5 Å². The molecule has 2 aliphatic rings.